The first-order valence-corrected chi connectivity index (χ1v) is 42.3. The monoisotopic (exact) mass is 1570 g/mol. The van der Waals surface area contributed by atoms with E-state index in [0.717, 1.165) is 88.5 Å². The summed E-state index contributed by atoms with van der Waals surface area (Å²) in [5.41, 5.74) is 28.1. The Balaban J connectivity index is 0.000000128. The lowest BCUT2D eigenvalue weighted by atomic mass is 10.0. The SMILES string of the molecule is c1ccc(-c2ccc(-c3nc(-c4ccc(-n5c6cc7ccccc7cc6c6cc7c8ccccc8n8c9ccccc9c(c65)c78)cc4)nc4c3oc3ccccc34)cc2)cc1.c1ccc(-c2ccc(-c3nc(-c4ccc(-n5c6cc7ccccc7cc6c6cc7c8ccccc8n8c9ccccc9c(c65)c78)cc4)nc4c3sc3ccccc34)cc2)cc1. The van der Waals surface area contributed by atoms with Crippen LogP contribution in [0.15, 0.2) is 393 Å². The van der Waals surface area contributed by atoms with E-state index in [-0.39, 0.29) is 0 Å². The molecule has 0 bridgehead atoms. The van der Waals surface area contributed by atoms with Gasteiger partial charge in [-0.15, -0.1) is 11.3 Å². The van der Waals surface area contributed by atoms with Crippen LogP contribution in [-0.4, -0.2) is 37.9 Å². The lowest BCUT2D eigenvalue weighted by molar-refractivity contribution is 0.667. The molecule has 0 atom stereocenters. The molecule has 564 valence electrons. The van der Waals surface area contributed by atoms with Crippen LogP contribution in [0.4, 0.5) is 0 Å². The summed E-state index contributed by atoms with van der Waals surface area (Å²) in [7, 11) is 0. The summed E-state index contributed by atoms with van der Waals surface area (Å²) in [6.45, 7) is 0. The lowest BCUT2D eigenvalue weighted by Gasteiger charge is -2.12. The zero-order chi connectivity index (χ0) is 79.5. The fourth-order valence-corrected chi connectivity index (χ4v) is 21.3. The summed E-state index contributed by atoms with van der Waals surface area (Å²) in [6.07, 6.45) is 0. The molecule has 10 aromatic heterocycles. The second-order valence-electron chi connectivity index (χ2n) is 32.3. The van der Waals surface area contributed by atoms with Crippen molar-refractivity contribution in [1.82, 2.24) is 37.9 Å². The van der Waals surface area contributed by atoms with Crippen molar-refractivity contribution in [1.29, 1.82) is 0 Å². The average molecular weight is 1570 g/mol. The Labute approximate surface area is 699 Å². The Morgan fingerprint density at radius 2 is 0.590 bits per heavy atom. The number of nitrogens with zero attached hydrogens (tertiary/aromatic N) is 8. The second kappa shape index (κ2) is 25.7. The molecule has 28 aromatic rings. The normalized spacial score (nSPS) is 12.3. The van der Waals surface area contributed by atoms with Gasteiger partial charge in [-0.25, -0.2) is 19.9 Å². The molecule has 0 aliphatic carbocycles. The predicted molar refractivity (Wildman–Crippen MR) is 510 cm³/mol. The third kappa shape index (κ3) is 9.74. The van der Waals surface area contributed by atoms with Crippen molar-refractivity contribution in [2.24, 2.45) is 0 Å². The van der Waals surface area contributed by atoms with Crippen LogP contribution in [0.5, 0.6) is 0 Å². The number of benzene rings is 18. The number of thiophene rings is 1. The molecule has 0 N–H and O–H groups in total. The molecule has 0 amide bonds. The molecule has 122 heavy (non-hydrogen) atoms. The van der Waals surface area contributed by atoms with Gasteiger partial charge in [-0.3, -0.25) is 0 Å². The molecule has 10 heteroatoms. The highest BCUT2D eigenvalue weighted by Gasteiger charge is 2.29. The summed E-state index contributed by atoms with van der Waals surface area (Å²) in [6, 6.07) is 140. The topological polar surface area (TPSA) is 83.4 Å². The standard InChI is InChI=1S/C56H32N4O.C56H32N4S/c2*1-2-12-33(13-3-1)34-22-24-35(25-23-34)51-55-52(42-18-8-11-21-49(42)61-55)58-56(57-51)36-26-28-39(29-27-36)59-48-31-38-15-5-4-14-37(38)30-43(48)45-32-44-40-16-6-9-19-46(40)60-47-20-10-7-17-41(47)50(53(45)59)54(44)60/h2*1-32H. The minimum Gasteiger partial charge on any atom is -0.452 e. The highest BCUT2D eigenvalue weighted by Crippen LogP contribution is 2.51. The van der Waals surface area contributed by atoms with Crippen LogP contribution in [-0.2, 0) is 0 Å². The molecule has 0 aliphatic heterocycles. The summed E-state index contributed by atoms with van der Waals surface area (Å²) in [4.78, 5) is 21.2. The van der Waals surface area contributed by atoms with Crippen molar-refractivity contribution in [3.05, 3.63) is 388 Å². The Bertz CT molecular complexity index is 8700. The maximum Gasteiger partial charge on any atom is 0.180 e. The minimum atomic E-state index is 0.653. The molecular formula is C112H64N8OS. The lowest BCUT2D eigenvalue weighted by Crippen LogP contribution is -1.97. The molecule has 0 fully saturated rings. The van der Waals surface area contributed by atoms with Crippen molar-refractivity contribution < 1.29 is 4.42 Å². The van der Waals surface area contributed by atoms with Crippen LogP contribution < -0.4 is 0 Å². The zero-order valence-corrected chi connectivity index (χ0v) is 66.2. The van der Waals surface area contributed by atoms with Gasteiger partial charge in [0.2, 0.25) is 0 Å². The fraction of sp³-hybridized carbons (Fsp3) is 0. The molecule has 0 radical (unpaired) electrons. The Morgan fingerprint density at radius 3 is 1.09 bits per heavy atom. The first-order chi connectivity index (χ1) is 60.5. The fourth-order valence-electron chi connectivity index (χ4n) is 20.2. The largest absolute Gasteiger partial charge is 0.452 e. The molecule has 0 spiro atoms. The van der Waals surface area contributed by atoms with E-state index in [0.29, 0.717) is 11.4 Å². The van der Waals surface area contributed by atoms with Gasteiger partial charge in [0.15, 0.2) is 17.2 Å². The van der Waals surface area contributed by atoms with Crippen molar-refractivity contribution in [3.8, 4) is 78.9 Å². The predicted octanol–water partition coefficient (Wildman–Crippen LogP) is 30.0. The van der Waals surface area contributed by atoms with Gasteiger partial charge in [0.25, 0.3) is 0 Å². The first-order valence-electron chi connectivity index (χ1n) is 41.5. The molecule has 9 nitrogen and oxygen atoms in total. The maximum atomic E-state index is 6.49. The van der Waals surface area contributed by atoms with Crippen LogP contribution in [0.3, 0.4) is 0 Å². The van der Waals surface area contributed by atoms with Gasteiger partial charge in [0, 0.05) is 114 Å². The minimum absolute atomic E-state index is 0.653. The Kier molecular flexibility index (Phi) is 14.1. The molecule has 0 saturated heterocycles. The van der Waals surface area contributed by atoms with Crippen LogP contribution in [0.1, 0.15) is 0 Å². The van der Waals surface area contributed by atoms with Crippen molar-refractivity contribution in [2.75, 3.05) is 0 Å². The average Bonchev–Trinajstić information content (AvgIpc) is 1.52. The van der Waals surface area contributed by atoms with E-state index in [4.69, 9.17) is 24.4 Å². The van der Waals surface area contributed by atoms with Crippen LogP contribution in [0.2, 0.25) is 0 Å². The van der Waals surface area contributed by atoms with Crippen LogP contribution >= 0.6 is 11.3 Å². The van der Waals surface area contributed by atoms with Crippen molar-refractivity contribution in [3.63, 3.8) is 0 Å². The summed E-state index contributed by atoms with van der Waals surface area (Å²) in [5, 5.41) is 22.2. The third-order valence-electron chi connectivity index (χ3n) is 25.7. The number of rotatable bonds is 8. The van der Waals surface area contributed by atoms with Gasteiger partial charge < -0.3 is 22.4 Å². The van der Waals surface area contributed by atoms with Crippen LogP contribution in [0.25, 0.3) is 263 Å². The van der Waals surface area contributed by atoms with E-state index in [2.05, 4.69) is 382 Å². The van der Waals surface area contributed by atoms with E-state index in [9.17, 15) is 0 Å². The first kappa shape index (κ1) is 66.9. The van der Waals surface area contributed by atoms with Gasteiger partial charge in [0.05, 0.1) is 71.1 Å². The summed E-state index contributed by atoms with van der Waals surface area (Å²) in [5.74, 6) is 1.37. The van der Waals surface area contributed by atoms with Crippen molar-refractivity contribution in [2.45, 2.75) is 0 Å². The molecule has 18 aromatic carbocycles. The third-order valence-corrected chi connectivity index (χ3v) is 26.8. The van der Waals surface area contributed by atoms with Gasteiger partial charge in [0.1, 0.15) is 16.8 Å². The smallest absolute Gasteiger partial charge is 0.180 e. The molecule has 28 rings (SSSR count). The second-order valence-corrected chi connectivity index (χ2v) is 33.3. The highest BCUT2D eigenvalue weighted by atomic mass is 32.1. The highest BCUT2D eigenvalue weighted by molar-refractivity contribution is 7.26. The zero-order valence-electron chi connectivity index (χ0n) is 65.3. The van der Waals surface area contributed by atoms with Crippen molar-refractivity contribution >= 4 is 195 Å². The quantitative estimate of drug-likeness (QED) is 0.151. The molecule has 0 saturated carbocycles. The number of hydrogen-bond acceptors (Lipinski definition) is 6. The number of hydrogen-bond donors (Lipinski definition) is 0. The van der Waals surface area contributed by atoms with Gasteiger partial charge in [-0.2, -0.15) is 0 Å². The number of para-hydroxylation sites is 5. The molecule has 0 aliphatic rings. The van der Waals surface area contributed by atoms with Gasteiger partial charge >= 0.3 is 0 Å². The van der Waals surface area contributed by atoms with E-state index in [1.54, 1.807) is 11.3 Å². The van der Waals surface area contributed by atoms with E-state index < -0.39 is 0 Å². The number of aromatic nitrogens is 8. The van der Waals surface area contributed by atoms with E-state index in [1.165, 1.54) is 163 Å². The summed E-state index contributed by atoms with van der Waals surface area (Å²) >= 11 is 1.77. The molecule has 0 unspecified atom stereocenters. The maximum absolute atomic E-state index is 6.49. The number of furan rings is 1. The number of fused-ring (bicyclic) bond motifs is 28. The van der Waals surface area contributed by atoms with E-state index >= 15 is 0 Å². The van der Waals surface area contributed by atoms with E-state index in [1.807, 2.05) is 24.3 Å². The molecule has 10 heterocycles. The van der Waals surface area contributed by atoms with Gasteiger partial charge in [-0.1, -0.05) is 261 Å². The Hall–Kier alpha value is -16.1. The molecular weight excluding hydrogens is 1510 g/mol. The van der Waals surface area contributed by atoms with Gasteiger partial charge in [-0.05, 0) is 171 Å². The Morgan fingerprint density at radius 1 is 0.230 bits per heavy atom. The van der Waals surface area contributed by atoms with Crippen LogP contribution in [0, 0.1) is 0 Å². The summed E-state index contributed by atoms with van der Waals surface area (Å²) < 4.78 is 18.7.